The molecule has 0 aliphatic heterocycles. The average molecular weight is 577 g/mol. The van der Waals surface area contributed by atoms with Gasteiger partial charge in [-0.05, 0) is 72.3 Å². The number of carbonyl (C=O) groups excluding carboxylic acids is 1. The molecule has 0 bridgehead atoms. The van der Waals surface area contributed by atoms with Crippen molar-refractivity contribution in [3.63, 3.8) is 0 Å². The molecule has 0 aliphatic carbocycles. The SMILES string of the molecule is C=C(C)C(=O)OCC(O)COCCC[Si](C)(C)C(C)(CC)O[Si](C)(C)C(C)(CC)O[Si](C)(C)CCCC. The zero-order valence-electron chi connectivity index (χ0n) is 26.3. The van der Waals surface area contributed by atoms with Crippen LogP contribution in [-0.4, -0.2) is 72.2 Å². The first-order chi connectivity index (χ1) is 16.8. The number of esters is 1. The molecule has 0 rings (SSSR count). The lowest BCUT2D eigenvalue weighted by Gasteiger charge is -2.53. The van der Waals surface area contributed by atoms with Crippen molar-refractivity contribution in [2.75, 3.05) is 19.8 Å². The fraction of sp³-hybridized carbons (Fsp3) is 0.893. The largest absolute Gasteiger partial charge is 0.460 e. The predicted molar refractivity (Wildman–Crippen MR) is 164 cm³/mol. The Morgan fingerprint density at radius 1 is 0.892 bits per heavy atom. The van der Waals surface area contributed by atoms with Crippen molar-refractivity contribution < 1.29 is 28.2 Å². The minimum Gasteiger partial charge on any atom is -0.460 e. The number of ether oxygens (including phenoxy) is 2. The van der Waals surface area contributed by atoms with Gasteiger partial charge in [-0.3, -0.25) is 0 Å². The zero-order chi connectivity index (χ0) is 29.1. The van der Waals surface area contributed by atoms with Gasteiger partial charge < -0.3 is 23.4 Å². The van der Waals surface area contributed by atoms with Crippen LogP contribution in [-0.2, 0) is 23.1 Å². The molecule has 0 aliphatic rings. The smallest absolute Gasteiger partial charge is 0.333 e. The van der Waals surface area contributed by atoms with Crippen molar-refractivity contribution in [2.45, 2.75) is 142 Å². The maximum absolute atomic E-state index is 11.5. The van der Waals surface area contributed by atoms with Crippen molar-refractivity contribution in [3.8, 4) is 0 Å². The van der Waals surface area contributed by atoms with Crippen LogP contribution in [0.4, 0.5) is 0 Å². The van der Waals surface area contributed by atoms with Gasteiger partial charge in [-0.15, -0.1) is 0 Å². The first-order valence-electron chi connectivity index (χ1n) is 14.3. The van der Waals surface area contributed by atoms with Crippen molar-refractivity contribution in [3.05, 3.63) is 12.2 Å². The number of aliphatic hydroxyl groups excluding tert-OH is 1. The second-order valence-corrected chi connectivity index (χ2v) is 26.7. The van der Waals surface area contributed by atoms with Gasteiger partial charge in [0.2, 0.25) is 8.32 Å². The summed E-state index contributed by atoms with van der Waals surface area (Å²) in [6.45, 7) is 31.4. The number of hydrogen-bond donors (Lipinski definition) is 1. The Morgan fingerprint density at radius 3 is 1.95 bits per heavy atom. The highest BCUT2D eigenvalue weighted by Crippen LogP contribution is 2.41. The summed E-state index contributed by atoms with van der Waals surface area (Å²) >= 11 is 0. The molecule has 0 radical (unpaired) electrons. The van der Waals surface area contributed by atoms with E-state index in [-0.39, 0.29) is 23.7 Å². The maximum Gasteiger partial charge on any atom is 0.333 e. The molecule has 3 atom stereocenters. The van der Waals surface area contributed by atoms with E-state index < -0.39 is 36.8 Å². The minimum absolute atomic E-state index is 0.0796. The van der Waals surface area contributed by atoms with E-state index in [0.717, 1.165) is 25.3 Å². The quantitative estimate of drug-likeness (QED) is 0.0712. The molecule has 0 aromatic carbocycles. The van der Waals surface area contributed by atoms with Crippen LogP contribution in [0.5, 0.6) is 0 Å². The molecular formula is C28H60O6Si3. The summed E-state index contributed by atoms with van der Waals surface area (Å²) in [5, 5.41) is 9.64. The zero-order valence-corrected chi connectivity index (χ0v) is 29.3. The third-order valence-electron chi connectivity index (χ3n) is 8.32. The summed E-state index contributed by atoms with van der Waals surface area (Å²) in [7, 11) is -5.83. The molecular weight excluding hydrogens is 517 g/mol. The Kier molecular flexibility index (Phi) is 15.4. The fourth-order valence-corrected chi connectivity index (χ4v) is 15.9. The number of rotatable bonds is 20. The van der Waals surface area contributed by atoms with E-state index in [4.69, 9.17) is 18.3 Å². The van der Waals surface area contributed by atoms with Crippen molar-refractivity contribution >= 4 is 30.7 Å². The molecule has 0 saturated heterocycles. The summed E-state index contributed by atoms with van der Waals surface area (Å²) in [4.78, 5) is 11.5. The highest BCUT2D eigenvalue weighted by molar-refractivity contribution is 6.82. The van der Waals surface area contributed by atoms with Crippen LogP contribution in [0.15, 0.2) is 12.2 Å². The standard InChI is InChI=1S/C28H60O6Si3/c1-14-17-21-36(10,11)33-28(7,16-3)37(12,13)34-27(6,15-2)35(8,9)20-18-19-31-22-25(29)23-32-26(30)24(4)5/h25,29H,4,14-23H2,1-3,5-13H3. The third-order valence-corrected chi connectivity index (χ3v) is 20.2. The van der Waals surface area contributed by atoms with E-state index in [0.29, 0.717) is 12.2 Å². The molecule has 0 amide bonds. The van der Waals surface area contributed by atoms with Gasteiger partial charge in [-0.2, -0.15) is 0 Å². The Labute approximate surface area is 232 Å². The number of carbonyl (C=O) groups is 1. The highest BCUT2D eigenvalue weighted by atomic mass is 28.4. The second kappa shape index (κ2) is 15.5. The van der Waals surface area contributed by atoms with Crippen LogP contribution < -0.4 is 0 Å². The fourth-order valence-electron chi connectivity index (χ4n) is 4.69. The van der Waals surface area contributed by atoms with E-state index in [1.807, 2.05) is 0 Å². The van der Waals surface area contributed by atoms with Gasteiger partial charge in [-0.25, -0.2) is 4.79 Å². The number of aliphatic hydroxyl groups is 1. The lowest BCUT2D eigenvalue weighted by molar-refractivity contribution is -0.143. The van der Waals surface area contributed by atoms with E-state index in [9.17, 15) is 9.90 Å². The Bertz CT molecular complexity index is 712. The third kappa shape index (κ3) is 11.8. The summed E-state index contributed by atoms with van der Waals surface area (Å²) in [5.41, 5.74) is 0.320. The van der Waals surface area contributed by atoms with Crippen molar-refractivity contribution in [2.24, 2.45) is 0 Å². The van der Waals surface area contributed by atoms with Crippen LogP contribution in [0.2, 0.25) is 51.4 Å². The van der Waals surface area contributed by atoms with E-state index in [1.165, 1.54) is 18.9 Å². The molecule has 0 saturated carbocycles. The molecule has 0 fully saturated rings. The van der Waals surface area contributed by atoms with Gasteiger partial charge in [0, 0.05) is 17.4 Å². The number of hydrogen-bond acceptors (Lipinski definition) is 6. The lowest BCUT2D eigenvalue weighted by Crippen LogP contribution is -2.66. The molecule has 1 N–H and O–H groups in total. The minimum atomic E-state index is -2.23. The van der Waals surface area contributed by atoms with Crippen LogP contribution in [0, 0.1) is 0 Å². The van der Waals surface area contributed by atoms with Gasteiger partial charge in [0.15, 0.2) is 8.32 Å². The molecule has 0 aromatic heterocycles. The first-order valence-corrected chi connectivity index (χ1v) is 23.5. The topological polar surface area (TPSA) is 74.2 Å². The highest BCUT2D eigenvalue weighted by Gasteiger charge is 2.53. The molecule has 3 unspecified atom stereocenters. The Balaban J connectivity index is 5.13. The van der Waals surface area contributed by atoms with E-state index >= 15 is 0 Å². The monoisotopic (exact) mass is 576 g/mol. The van der Waals surface area contributed by atoms with Crippen molar-refractivity contribution in [1.29, 1.82) is 0 Å². The average Bonchev–Trinajstić information content (AvgIpc) is 2.79. The molecule has 0 heterocycles. The summed E-state index contributed by atoms with van der Waals surface area (Å²) in [6, 6.07) is 2.27. The lowest BCUT2D eigenvalue weighted by atomic mass is 10.3. The second-order valence-electron chi connectivity index (χ2n) is 12.8. The van der Waals surface area contributed by atoms with Crippen LogP contribution in [0.1, 0.15) is 73.6 Å². The Morgan fingerprint density at radius 2 is 1.46 bits per heavy atom. The van der Waals surface area contributed by atoms with Gasteiger partial charge in [-0.1, -0.05) is 59.3 Å². The van der Waals surface area contributed by atoms with Gasteiger partial charge in [0.1, 0.15) is 12.7 Å². The number of unbranched alkanes of at least 4 members (excludes halogenated alkanes) is 1. The van der Waals surface area contributed by atoms with Gasteiger partial charge in [0.25, 0.3) is 0 Å². The van der Waals surface area contributed by atoms with E-state index in [2.05, 4.69) is 80.5 Å². The van der Waals surface area contributed by atoms with Crippen LogP contribution >= 0.6 is 0 Å². The molecule has 220 valence electrons. The van der Waals surface area contributed by atoms with E-state index in [1.54, 1.807) is 6.92 Å². The summed E-state index contributed by atoms with van der Waals surface area (Å²) in [6.07, 6.45) is 4.46. The van der Waals surface area contributed by atoms with Gasteiger partial charge in [0.05, 0.1) is 19.9 Å². The molecule has 0 spiro atoms. The molecule has 0 aromatic rings. The van der Waals surface area contributed by atoms with Gasteiger partial charge >= 0.3 is 5.97 Å². The van der Waals surface area contributed by atoms with Crippen molar-refractivity contribution in [1.82, 2.24) is 0 Å². The summed E-state index contributed by atoms with van der Waals surface area (Å²) < 4.78 is 25.0. The van der Waals surface area contributed by atoms with Crippen LogP contribution in [0.3, 0.4) is 0 Å². The normalized spacial score (nSPS) is 17.1. The molecule has 6 nitrogen and oxygen atoms in total. The first kappa shape index (κ1) is 36.7. The molecule has 37 heavy (non-hydrogen) atoms. The Hall–Kier alpha value is -0.299. The summed E-state index contributed by atoms with van der Waals surface area (Å²) in [5.74, 6) is -0.492. The predicted octanol–water partition coefficient (Wildman–Crippen LogP) is 7.24. The maximum atomic E-state index is 11.5. The molecule has 9 heteroatoms. The van der Waals surface area contributed by atoms with Crippen LogP contribution in [0.25, 0.3) is 0 Å².